The molecule has 108 valence electrons. The second-order valence-electron chi connectivity index (χ2n) is 5.83. The van der Waals surface area contributed by atoms with Gasteiger partial charge in [0.2, 0.25) is 0 Å². The van der Waals surface area contributed by atoms with Crippen molar-refractivity contribution >= 4 is 0 Å². The summed E-state index contributed by atoms with van der Waals surface area (Å²) in [7, 11) is 2.06. The van der Waals surface area contributed by atoms with Crippen LogP contribution in [0.2, 0.25) is 0 Å². The van der Waals surface area contributed by atoms with E-state index in [-0.39, 0.29) is 0 Å². The number of hydrogen-bond donors (Lipinski definition) is 1. The Kier molecular flexibility index (Phi) is 3.56. The van der Waals surface area contributed by atoms with Gasteiger partial charge >= 0.3 is 0 Å². The van der Waals surface area contributed by atoms with Gasteiger partial charge in [0.05, 0.1) is 19.3 Å². The van der Waals surface area contributed by atoms with Gasteiger partial charge in [-0.25, -0.2) is 0 Å². The van der Waals surface area contributed by atoms with E-state index in [1.54, 1.807) is 0 Å². The van der Waals surface area contributed by atoms with E-state index < -0.39 is 0 Å². The third kappa shape index (κ3) is 2.90. The quantitative estimate of drug-likeness (QED) is 0.864. The monoisotopic (exact) mass is 274 g/mol. The maximum absolute atomic E-state index is 4.31. The first-order valence-electron chi connectivity index (χ1n) is 7.24. The van der Waals surface area contributed by atoms with Gasteiger partial charge in [0.15, 0.2) is 0 Å². The van der Waals surface area contributed by atoms with E-state index in [1.807, 2.05) is 10.9 Å². The summed E-state index contributed by atoms with van der Waals surface area (Å²) in [6.45, 7) is 5.83. The largest absolute Gasteiger partial charge is 0.317 e. The Hall–Kier alpha value is -1.69. The first-order valence-corrected chi connectivity index (χ1v) is 7.24. The van der Waals surface area contributed by atoms with Crippen molar-refractivity contribution in [2.45, 2.75) is 51.7 Å². The number of hydrogen-bond acceptors (Lipinski definition) is 4. The Balaban J connectivity index is 1.53. The Morgan fingerprint density at radius 1 is 1.40 bits per heavy atom. The number of nitrogens with zero attached hydrogens (tertiary/aromatic N) is 5. The van der Waals surface area contributed by atoms with E-state index in [0.717, 1.165) is 24.7 Å². The first-order chi connectivity index (χ1) is 9.63. The lowest BCUT2D eigenvalue weighted by molar-refractivity contribution is 0.442. The van der Waals surface area contributed by atoms with Crippen LogP contribution in [0.15, 0.2) is 12.4 Å². The Morgan fingerprint density at radius 2 is 2.20 bits per heavy atom. The normalized spacial score (nSPS) is 16.6. The molecule has 0 amide bonds. The molecule has 6 heteroatoms. The molecule has 0 aromatic carbocycles. The summed E-state index contributed by atoms with van der Waals surface area (Å²) in [5.41, 5.74) is 1.19. The lowest BCUT2D eigenvalue weighted by atomic mass is 10.3. The fourth-order valence-corrected chi connectivity index (χ4v) is 2.40. The number of nitrogens with one attached hydrogen (secondary N) is 1. The van der Waals surface area contributed by atoms with Gasteiger partial charge in [0.25, 0.3) is 0 Å². The molecule has 0 radical (unpaired) electrons. The second-order valence-corrected chi connectivity index (χ2v) is 5.83. The van der Waals surface area contributed by atoms with Crippen LogP contribution in [0.5, 0.6) is 0 Å². The van der Waals surface area contributed by atoms with Crippen LogP contribution in [0.3, 0.4) is 0 Å². The van der Waals surface area contributed by atoms with Crippen molar-refractivity contribution in [3.63, 3.8) is 0 Å². The van der Waals surface area contributed by atoms with Gasteiger partial charge in [0, 0.05) is 25.2 Å². The lowest BCUT2D eigenvalue weighted by Gasteiger charge is -2.13. The van der Waals surface area contributed by atoms with Gasteiger partial charge in [-0.2, -0.15) is 5.10 Å². The van der Waals surface area contributed by atoms with Crippen LogP contribution in [0.25, 0.3) is 0 Å². The van der Waals surface area contributed by atoms with E-state index in [9.17, 15) is 0 Å². The highest BCUT2D eigenvalue weighted by atomic mass is 15.3. The smallest absolute Gasteiger partial charge is 0.146 e. The van der Waals surface area contributed by atoms with E-state index in [2.05, 4.69) is 52.3 Å². The Labute approximate surface area is 119 Å². The van der Waals surface area contributed by atoms with E-state index in [1.165, 1.54) is 18.4 Å². The molecule has 2 aromatic heterocycles. The molecule has 20 heavy (non-hydrogen) atoms. The minimum atomic E-state index is 0.343. The molecule has 1 aliphatic carbocycles. The maximum atomic E-state index is 4.31. The van der Waals surface area contributed by atoms with Crippen molar-refractivity contribution < 1.29 is 0 Å². The average Bonchev–Trinajstić information content (AvgIpc) is 3.07. The fraction of sp³-hybridized carbons (Fsp3) is 0.643. The standard InChI is InChI=1S/C14H22N6/c1-10-6-16-20(8-10)9-11(2)15-7-13-17-18-14(19(13)3)12-4-5-12/h6,8,11-12,15H,4-5,7,9H2,1-3H3/t11-/m1/s1. The SMILES string of the molecule is Cc1cnn(C[C@@H](C)NCc2nnc(C3CC3)n2C)c1. The van der Waals surface area contributed by atoms with Crippen molar-refractivity contribution in [3.05, 3.63) is 29.6 Å². The molecule has 1 fully saturated rings. The van der Waals surface area contributed by atoms with Crippen LogP contribution in [0, 0.1) is 6.92 Å². The maximum Gasteiger partial charge on any atom is 0.146 e. The van der Waals surface area contributed by atoms with Crippen LogP contribution >= 0.6 is 0 Å². The molecule has 2 aromatic rings. The van der Waals surface area contributed by atoms with E-state index in [4.69, 9.17) is 0 Å². The third-order valence-corrected chi connectivity index (χ3v) is 3.77. The molecule has 0 unspecified atom stereocenters. The van der Waals surface area contributed by atoms with Crippen molar-refractivity contribution in [2.24, 2.45) is 7.05 Å². The molecule has 0 bridgehead atoms. The molecule has 1 aliphatic rings. The fourth-order valence-electron chi connectivity index (χ4n) is 2.40. The van der Waals surface area contributed by atoms with Crippen molar-refractivity contribution in [3.8, 4) is 0 Å². The molecule has 0 spiro atoms. The van der Waals surface area contributed by atoms with Gasteiger partial charge in [-0.05, 0) is 32.3 Å². The van der Waals surface area contributed by atoms with Gasteiger partial charge in [-0.3, -0.25) is 4.68 Å². The number of rotatable bonds is 6. The molecule has 1 saturated carbocycles. The summed E-state index contributed by atoms with van der Waals surface area (Å²) in [5.74, 6) is 2.79. The Morgan fingerprint density at radius 3 is 2.85 bits per heavy atom. The summed E-state index contributed by atoms with van der Waals surface area (Å²) in [5, 5.41) is 16.4. The zero-order valence-corrected chi connectivity index (χ0v) is 12.4. The highest BCUT2D eigenvalue weighted by molar-refractivity contribution is 5.07. The molecule has 3 rings (SSSR count). The van der Waals surface area contributed by atoms with Crippen molar-refractivity contribution in [2.75, 3.05) is 0 Å². The summed E-state index contributed by atoms with van der Waals surface area (Å²) < 4.78 is 4.11. The molecule has 6 nitrogen and oxygen atoms in total. The molecule has 0 aliphatic heterocycles. The molecular formula is C14H22N6. The molecule has 1 N–H and O–H groups in total. The zero-order chi connectivity index (χ0) is 14.1. The topological polar surface area (TPSA) is 60.6 Å². The molecular weight excluding hydrogens is 252 g/mol. The van der Waals surface area contributed by atoms with Crippen LogP contribution < -0.4 is 5.32 Å². The predicted octanol–water partition coefficient (Wildman–Crippen LogP) is 1.38. The average molecular weight is 274 g/mol. The summed E-state index contributed by atoms with van der Waals surface area (Å²) >= 11 is 0. The third-order valence-electron chi connectivity index (χ3n) is 3.77. The summed E-state index contributed by atoms with van der Waals surface area (Å²) in [6.07, 6.45) is 6.46. The summed E-state index contributed by atoms with van der Waals surface area (Å²) in [4.78, 5) is 0. The second kappa shape index (κ2) is 5.36. The summed E-state index contributed by atoms with van der Waals surface area (Å²) in [6, 6.07) is 0.343. The van der Waals surface area contributed by atoms with Crippen LogP contribution in [-0.2, 0) is 20.1 Å². The van der Waals surface area contributed by atoms with Crippen LogP contribution in [0.1, 0.15) is 42.9 Å². The van der Waals surface area contributed by atoms with Gasteiger partial charge in [-0.1, -0.05) is 0 Å². The molecule has 1 atom stereocenters. The van der Waals surface area contributed by atoms with Crippen molar-refractivity contribution in [1.29, 1.82) is 0 Å². The number of aromatic nitrogens is 5. The van der Waals surface area contributed by atoms with Crippen molar-refractivity contribution in [1.82, 2.24) is 29.9 Å². The lowest BCUT2D eigenvalue weighted by Crippen LogP contribution is -2.31. The van der Waals surface area contributed by atoms with E-state index >= 15 is 0 Å². The van der Waals surface area contributed by atoms with Crippen LogP contribution in [0.4, 0.5) is 0 Å². The zero-order valence-electron chi connectivity index (χ0n) is 12.4. The highest BCUT2D eigenvalue weighted by Gasteiger charge is 2.29. The van der Waals surface area contributed by atoms with Gasteiger partial charge in [-0.15, -0.1) is 10.2 Å². The molecule has 0 saturated heterocycles. The first kappa shape index (κ1) is 13.3. The van der Waals surface area contributed by atoms with Crippen LogP contribution in [-0.4, -0.2) is 30.6 Å². The Bertz CT molecular complexity index is 580. The molecule has 2 heterocycles. The number of aryl methyl sites for hydroxylation is 1. The predicted molar refractivity (Wildman–Crippen MR) is 76.2 cm³/mol. The van der Waals surface area contributed by atoms with Gasteiger partial charge in [0.1, 0.15) is 11.6 Å². The highest BCUT2D eigenvalue weighted by Crippen LogP contribution is 2.38. The van der Waals surface area contributed by atoms with Gasteiger partial charge < -0.3 is 9.88 Å². The minimum absolute atomic E-state index is 0.343. The van der Waals surface area contributed by atoms with E-state index in [0.29, 0.717) is 12.0 Å². The minimum Gasteiger partial charge on any atom is -0.317 e.